The zero-order valence-corrected chi connectivity index (χ0v) is 22.5. The first kappa shape index (κ1) is 26.9. The van der Waals surface area contributed by atoms with Gasteiger partial charge in [0.25, 0.3) is 0 Å². The van der Waals surface area contributed by atoms with Crippen LogP contribution < -0.4 is 5.32 Å². The molecule has 0 saturated carbocycles. The molecule has 0 aliphatic carbocycles. The first-order valence-electron chi connectivity index (χ1n) is 11.8. The largest absolute Gasteiger partial charge is 0.357 e. The number of aliphatic imine (C=N–C) groups is 1. The molecule has 2 fully saturated rings. The van der Waals surface area contributed by atoms with E-state index in [9.17, 15) is 4.79 Å². The molecule has 2 heterocycles. The van der Waals surface area contributed by atoms with Crippen molar-refractivity contribution in [1.82, 2.24) is 24.9 Å². The Kier molecular flexibility index (Phi) is 11.2. The summed E-state index contributed by atoms with van der Waals surface area (Å²) in [6.45, 7) is 12.1. The van der Waals surface area contributed by atoms with Gasteiger partial charge in [0.05, 0.1) is 12.6 Å². The van der Waals surface area contributed by atoms with Crippen LogP contribution in [0.15, 0.2) is 29.3 Å². The number of guanidine groups is 1. The van der Waals surface area contributed by atoms with Gasteiger partial charge in [-0.25, -0.2) is 4.99 Å². The second-order valence-corrected chi connectivity index (χ2v) is 8.96. The molecule has 0 bridgehead atoms. The number of hydrogen-bond acceptors (Lipinski definition) is 4. The Labute approximate surface area is 211 Å². The molecule has 1 atom stereocenters. The predicted octanol–water partition coefficient (Wildman–Crippen LogP) is 2.46. The van der Waals surface area contributed by atoms with Crippen molar-refractivity contribution < 1.29 is 4.79 Å². The highest BCUT2D eigenvalue weighted by Crippen LogP contribution is 2.14. The maximum absolute atomic E-state index is 12.7. The van der Waals surface area contributed by atoms with Crippen LogP contribution in [0, 0.1) is 0 Å². The van der Waals surface area contributed by atoms with Gasteiger partial charge in [0.1, 0.15) is 0 Å². The number of rotatable bonds is 7. The Bertz CT molecular complexity index is 725. The van der Waals surface area contributed by atoms with Crippen LogP contribution in [0.25, 0.3) is 0 Å². The van der Waals surface area contributed by atoms with E-state index in [1.54, 1.807) is 0 Å². The first-order chi connectivity index (χ1) is 15.0. The van der Waals surface area contributed by atoms with Crippen LogP contribution in [0.5, 0.6) is 0 Å². The smallest absolute Gasteiger partial charge is 0.239 e. The van der Waals surface area contributed by atoms with E-state index in [0.29, 0.717) is 12.5 Å². The number of hydrogen-bond donors (Lipinski definition) is 1. The molecule has 1 aromatic rings. The summed E-state index contributed by atoms with van der Waals surface area (Å²) < 4.78 is 0. The van der Waals surface area contributed by atoms with Crippen molar-refractivity contribution in [2.75, 3.05) is 59.9 Å². The molecule has 2 aliphatic heterocycles. The average Bonchev–Trinajstić information content (AvgIpc) is 3.31. The summed E-state index contributed by atoms with van der Waals surface area (Å²) in [6, 6.07) is 8.70. The number of halogens is 1. The van der Waals surface area contributed by atoms with E-state index in [1.165, 1.54) is 11.1 Å². The van der Waals surface area contributed by atoms with Gasteiger partial charge in [-0.15, -0.1) is 24.0 Å². The molecule has 1 N–H and O–H groups in total. The summed E-state index contributed by atoms with van der Waals surface area (Å²) in [7, 11) is 4.17. The number of piperazine rings is 1. The molecule has 1 amide bonds. The molecule has 32 heavy (non-hydrogen) atoms. The van der Waals surface area contributed by atoms with Gasteiger partial charge in [0.15, 0.2) is 5.96 Å². The monoisotopic (exact) mass is 556 g/mol. The molecule has 0 aromatic heterocycles. The second kappa shape index (κ2) is 13.3. The Balaban J connectivity index is 0.00000363. The molecule has 1 unspecified atom stereocenters. The van der Waals surface area contributed by atoms with Gasteiger partial charge < -0.3 is 20.0 Å². The Morgan fingerprint density at radius 2 is 1.59 bits per heavy atom. The van der Waals surface area contributed by atoms with E-state index in [2.05, 4.69) is 72.2 Å². The van der Waals surface area contributed by atoms with Gasteiger partial charge in [-0.3, -0.25) is 9.69 Å². The van der Waals surface area contributed by atoms with E-state index >= 15 is 0 Å². The molecule has 0 radical (unpaired) electrons. The number of nitrogens with one attached hydrogen (secondary N) is 1. The first-order valence-corrected chi connectivity index (χ1v) is 11.8. The summed E-state index contributed by atoms with van der Waals surface area (Å²) in [5.41, 5.74) is 2.54. The lowest BCUT2D eigenvalue weighted by Crippen LogP contribution is -2.57. The Morgan fingerprint density at radius 3 is 2.16 bits per heavy atom. The number of carbonyl (C=O) groups excluding carboxylic acids is 1. The van der Waals surface area contributed by atoms with Crippen molar-refractivity contribution in [2.24, 2.45) is 4.99 Å². The van der Waals surface area contributed by atoms with Crippen molar-refractivity contribution in [3.63, 3.8) is 0 Å². The molecule has 2 saturated heterocycles. The van der Waals surface area contributed by atoms with Crippen LogP contribution in [-0.4, -0.2) is 97.4 Å². The molecule has 0 spiro atoms. The van der Waals surface area contributed by atoms with Crippen LogP contribution >= 0.6 is 24.0 Å². The minimum atomic E-state index is -0.0274. The number of nitrogens with zero attached hydrogens (tertiary/aromatic N) is 5. The third-order valence-electron chi connectivity index (χ3n) is 6.20. The van der Waals surface area contributed by atoms with E-state index < -0.39 is 0 Å². The van der Waals surface area contributed by atoms with Crippen LogP contribution in [0.3, 0.4) is 0 Å². The lowest BCUT2D eigenvalue weighted by Gasteiger charge is -2.39. The van der Waals surface area contributed by atoms with Gasteiger partial charge in [0.2, 0.25) is 5.91 Å². The number of carbonyl (C=O) groups is 1. The van der Waals surface area contributed by atoms with Gasteiger partial charge in [0, 0.05) is 52.4 Å². The van der Waals surface area contributed by atoms with Gasteiger partial charge in [-0.2, -0.15) is 0 Å². The van der Waals surface area contributed by atoms with Gasteiger partial charge in [-0.1, -0.05) is 24.3 Å². The van der Waals surface area contributed by atoms with Crippen molar-refractivity contribution in [3.05, 3.63) is 35.4 Å². The minimum Gasteiger partial charge on any atom is -0.357 e. The van der Waals surface area contributed by atoms with E-state index in [1.807, 2.05) is 4.90 Å². The van der Waals surface area contributed by atoms with Gasteiger partial charge in [-0.05, 0) is 51.9 Å². The van der Waals surface area contributed by atoms with Gasteiger partial charge >= 0.3 is 0 Å². The van der Waals surface area contributed by atoms with E-state index in [0.717, 1.165) is 71.2 Å². The second-order valence-electron chi connectivity index (χ2n) is 8.96. The summed E-state index contributed by atoms with van der Waals surface area (Å²) in [6.07, 6.45) is 2.29. The maximum atomic E-state index is 12.7. The lowest BCUT2D eigenvalue weighted by molar-refractivity contribution is -0.135. The molecular weight excluding hydrogens is 515 g/mol. The molecule has 2 aliphatic rings. The number of amides is 1. The minimum absolute atomic E-state index is 0. The highest BCUT2D eigenvalue weighted by atomic mass is 127. The average molecular weight is 557 g/mol. The molecule has 7 nitrogen and oxygen atoms in total. The maximum Gasteiger partial charge on any atom is 0.239 e. The zero-order valence-electron chi connectivity index (χ0n) is 20.2. The normalized spacial score (nSPS) is 18.6. The third-order valence-corrected chi connectivity index (χ3v) is 6.20. The fourth-order valence-electron chi connectivity index (χ4n) is 4.39. The molecular formula is C24H41IN6O. The van der Waals surface area contributed by atoms with Crippen molar-refractivity contribution in [3.8, 4) is 0 Å². The number of benzene rings is 1. The van der Waals surface area contributed by atoms with Crippen LogP contribution in [0.4, 0.5) is 0 Å². The standard InChI is InChI=1S/C24H40N6O.HI/c1-5-25-24(26-18-21-8-10-22(11-9-21)19-27(3)4)30-16-14-28(15-17-30)20(2)23(31)29-12-6-7-13-29;/h8-11,20H,5-7,12-19H2,1-4H3,(H,25,26);1H. The van der Waals surface area contributed by atoms with Crippen molar-refractivity contribution in [2.45, 2.75) is 45.8 Å². The van der Waals surface area contributed by atoms with Crippen LogP contribution in [-0.2, 0) is 17.9 Å². The molecule has 180 valence electrons. The Hall–Kier alpha value is -1.39. The zero-order chi connectivity index (χ0) is 22.2. The summed E-state index contributed by atoms with van der Waals surface area (Å²) >= 11 is 0. The van der Waals surface area contributed by atoms with Crippen molar-refractivity contribution in [1.29, 1.82) is 0 Å². The summed E-state index contributed by atoms with van der Waals surface area (Å²) in [4.78, 5) is 26.5. The lowest BCUT2D eigenvalue weighted by atomic mass is 10.1. The SMILES string of the molecule is CCNC(=NCc1ccc(CN(C)C)cc1)N1CCN(C(C)C(=O)N2CCCC2)CC1.I. The fraction of sp³-hybridized carbons (Fsp3) is 0.667. The van der Waals surface area contributed by atoms with Crippen molar-refractivity contribution >= 4 is 35.8 Å². The van der Waals surface area contributed by atoms with E-state index in [4.69, 9.17) is 4.99 Å². The predicted molar refractivity (Wildman–Crippen MR) is 142 cm³/mol. The highest BCUT2D eigenvalue weighted by Gasteiger charge is 2.30. The number of likely N-dealkylation sites (tertiary alicyclic amines) is 1. The summed E-state index contributed by atoms with van der Waals surface area (Å²) in [5, 5.41) is 3.45. The highest BCUT2D eigenvalue weighted by molar-refractivity contribution is 14.0. The third kappa shape index (κ3) is 7.59. The quantitative estimate of drug-likeness (QED) is 0.318. The topological polar surface area (TPSA) is 54.4 Å². The molecule has 8 heteroatoms. The van der Waals surface area contributed by atoms with E-state index in [-0.39, 0.29) is 30.0 Å². The van der Waals surface area contributed by atoms with Crippen LogP contribution in [0.2, 0.25) is 0 Å². The molecule has 3 rings (SSSR count). The molecule has 1 aromatic carbocycles. The fourth-order valence-corrected chi connectivity index (χ4v) is 4.39. The summed E-state index contributed by atoms with van der Waals surface area (Å²) in [5.74, 6) is 1.27. The Morgan fingerprint density at radius 1 is 1.00 bits per heavy atom. The van der Waals surface area contributed by atoms with Crippen LogP contribution in [0.1, 0.15) is 37.8 Å².